The first-order valence-corrected chi connectivity index (χ1v) is 10.2. The van der Waals surface area contributed by atoms with Crippen molar-refractivity contribution in [3.8, 4) is 0 Å². The predicted octanol–water partition coefficient (Wildman–Crippen LogP) is 1.79. The summed E-state index contributed by atoms with van der Waals surface area (Å²) in [5, 5.41) is 7.59. The van der Waals surface area contributed by atoms with Crippen molar-refractivity contribution in [1.29, 1.82) is 0 Å². The van der Waals surface area contributed by atoms with Gasteiger partial charge >= 0.3 is 0 Å². The molecule has 0 radical (unpaired) electrons. The quantitative estimate of drug-likeness (QED) is 0.835. The van der Waals surface area contributed by atoms with Crippen molar-refractivity contribution in [3.63, 3.8) is 0 Å². The number of amides is 1. The Balaban J connectivity index is 1.54. The highest BCUT2D eigenvalue weighted by Gasteiger charge is 2.32. The van der Waals surface area contributed by atoms with E-state index in [-0.39, 0.29) is 16.7 Å². The topological polar surface area (TPSA) is 84.3 Å². The van der Waals surface area contributed by atoms with Crippen LogP contribution >= 0.6 is 11.6 Å². The molecule has 1 aliphatic rings. The molecule has 1 aromatic heterocycles. The number of piperidine rings is 1. The van der Waals surface area contributed by atoms with Gasteiger partial charge in [-0.3, -0.25) is 9.48 Å². The molecular weight excluding hydrogens is 376 g/mol. The summed E-state index contributed by atoms with van der Waals surface area (Å²) in [5.41, 5.74) is 0.795. The van der Waals surface area contributed by atoms with Gasteiger partial charge in [-0.2, -0.15) is 9.40 Å². The number of carbonyl (C=O) groups is 1. The van der Waals surface area contributed by atoms with Gasteiger partial charge in [-0.25, -0.2) is 8.42 Å². The highest BCUT2D eigenvalue weighted by atomic mass is 35.5. The average molecular weight is 397 g/mol. The number of hydrogen-bond acceptors (Lipinski definition) is 4. The Morgan fingerprint density at radius 1 is 1.23 bits per heavy atom. The second-order valence-corrected chi connectivity index (χ2v) is 8.71. The summed E-state index contributed by atoms with van der Waals surface area (Å²) < 4.78 is 28.4. The second kappa shape index (κ2) is 7.77. The van der Waals surface area contributed by atoms with Crippen LogP contribution < -0.4 is 5.32 Å². The monoisotopic (exact) mass is 396 g/mol. The SMILES string of the molecule is Cn1ccc(CNC(=O)C2CCN(S(=O)(=O)c3ccc(Cl)cc3)CC2)n1. The minimum atomic E-state index is -3.55. The summed E-state index contributed by atoms with van der Waals surface area (Å²) in [7, 11) is -1.73. The summed E-state index contributed by atoms with van der Waals surface area (Å²) >= 11 is 5.82. The predicted molar refractivity (Wildman–Crippen MR) is 98.0 cm³/mol. The van der Waals surface area contributed by atoms with Crippen molar-refractivity contribution in [2.24, 2.45) is 13.0 Å². The van der Waals surface area contributed by atoms with Crippen molar-refractivity contribution < 1.29 is 13.2 Å². The number of hydrogen-bond donors (Lipinski definition) is 1. The van der Waals surface area contributed by atoms with Gasteiger partial charge in [-0.05, 0) is 43.2 Å². The van der Waals surface area contributed by atoms with Crippen molar-refractivity contribution in [3.05, 3.63) is 47.2 Å². The molecule has 1 fully saturated rings. The zero-order valence-corrected chi connectivity index (χ0v) is 16.0. The van der Waals surface area contributed by atoms with Gasteiger partial charge < -0.3 is 5.32 Å². The summed E-state index contributed by atoms with van der Waals surface area (Å²) in [6, 6.07) is 7.98. The second-order valence-electron chi connectivity index (χ2n) is 6.33. The molecule has 0 saturated carbocycles. The van der Waals surface area contributed by atoms with E-state index in [0.29, 0.717) is 37.5 Å². The Labute approximate surface area is 158 Å². The number of halogens is 1. The van der Waals surface area contributed by atoms with Gasteiger partial charge in [0.15, 0.2) is 0 Å². The molecule has 0 atom stereocenters. The van der Waals surface area contributed by atoms with Gasteiger partial charge in [0.1, 0.15) is 0 Å². The minimum absolute atomic E-state index is 0.0563. The van der Waals surface area contributed by atoms with Crippen LogP contribution in [-0.2, 0) is 28.4 Å². The fourth-order valence-electron chi connectivity index (χ4n) is 2.99. The third kappa shape index (κ3) is 4.25. The van der Waals surface area contributed by atoms with Crippen LogP contribution in [-0.4, -0.2) is 41.5 Å². The van der Waals surface area contributed by atoms with Crippen molar-refractivity contribution >= 4 is 27.5 Å². The lowest BCUT2D eigenvalue weighted by Gasteiger charge is -2.30. The van der Waals surface area contributed by atoms with Gasteiger partial charge in [0.05, 0.1) is 17.1 Å². The van der Waals surface area contributed by atoms with Crippen LogP contribution in [0.3, 0.4) is 0 Å². The van der Waals surface area contributed by atoms with Crippen molar-refractivity contribution in [1.82, 2.24) is 19.4 Å². The lowest BCUT2D eigenvalue weighted by Crippen LogP contribution is -2.42. The number of nitrogens with one attached hydrogen (secondary N) is 1. The molecule has 7 nitrogen and oxygen atoms in total. The fourth-order valence-corrected chi connectivity index (χ4v) is 4.59. The Morgan fingerprint density at radius 2 is 1.88 bits per heavy atom. The molecule has 140 valence electrons. The van der Waals surface area contributed by atoms with Crippen LogP contribution in [0.5, 0.6) is 0 Å². The summed E-state index contributed by atoms with van der Waals surface area (Å²) in [4.78, 5) is 12.5. The third-order valence-electron chi connectivity index (χ3n) is 4.49. The number of carbonyl (C=O) groups excluding carboxylic acids is 1. The van der Waals surface area contributed by atoms with E-state index in [1.807, 2.05) is 19.3 Å². The van der Waals surface area contributed by atoms with Crippen LogP contribution in [0.25, 0.3) is 0 Å². The molecule has 1 aliphatic heterocycles. The van der Waals surface area contributed by atoms with Gasteiger partial charge in [0.25, 0.3) is 0 Å². The molecule has 2 heterocycles. The summed E-state index contributed by atoms with van der Waals surface area (Å²) in [6.45, 7) is 1.03. The summed E-state index contributed by atoms with van der Waals surface area (Å²) in [5.74, 6) is -0.241. The molecule has 1 saturated heterocycles. The molecule has 1 amide bonds. The van der Waals surface area contributed by atoms with Crippen LogP contribution in [0.2, 0.25) is 5.02 Å². The first-order valence-electron chi connectivity index (χ1n) is 8.38. The maximum absolute atomic E-state index is 12.7. The van der Waals surface area contributed by atoms with E-state index in [2.05, 4.69) is 10.4 Å². The molecule has 0 aliphatic carbocycles. The highest BCUT2D eigenvalue weighted by molar-refractivity contribution is 7.89. The van der Waals surface area contributed by atoms with Crippen LogP contribution in [0.4, 0.5) is 0 Å². The largest absolute Gasteiger partial charge is 0.350 e. The molecule has 0 unspecified atom stereocenters. The molecule has 0 bridgehead atoms. The fraction of sp³-hybridized carbons (Fsp3) is 0.412. The molecular formula is C17H21ClN4O3S. The van der Waals surface area contributed by atoms with Crippen LogP contribution in [0.1, 0.15) is 18.5 Å². The number of benzene rings is 1. The van der Waals surface area contributed by atoms with E-state index in [4.69, 9.17) is 11.6 Å². The van der Waals surface area contributed by atoms with Gasteiger partial charge in [0.2, 0.25) is 15.9 Å². The van der Waals surface area contributed by atoms with E-state index < -0.39 is 10.0 Å². The van der Waals surface area contributed by atoms with Crippen molar-refractivity contribution in [2.45, 2.75) is 24.3 Å². The third-order valence-corrected chi connectivity index (χ3v) is 6.65. The molecule has 2 aromatic rings. The zero-order chi connectivity index (χ0) is 18.7. The molecule has 9 heteroatoms. The number of nitrogens with zero attached hydrogens (tertiary/aromatic N) is 3. The first kappa shape index (κ1) is 18.9. The Morgan fingerprint density at radius 3 is 2.46 bits per heavy atom. The van der Waals surface area contributed by atoms with E-state index in [1.165, 1.54) is 16.4 Å². The highest BCUT2D eigenvalue weighted by Crippen LogP contribution is 2.24. The average Bonchev–Trinajstić information content (AvgIpc) is 3.05. The molecule has 26 heavy (non-hydrogen) atoms. The standard InChI is InChI=1S/C17H21ClN4O3S/c1-21-9-8-15(20-21)12-19-17(23)13-6-10-22(11-7-13)26(24,25)16-4-2-14(18)3-5-16/h2-5,8-9,13H,6-7,10-12H2,1H3,(H,19,23). The Hall–Kier alpha value is -1.90. The van der Waals surface area contributed by atoms with Gasteiger partial charge in [-0.15, -0.1) is 0 Å². The number of sulfonamides is 1. The lowest BCUT2D eigenvalue weighted by atomic mass is 9.97. The molecule has 1 N–H and O–H groups in total. The number of aromatic nitrogens is 2. The maximum Gasteiger partial charge on any atom is 0.243 e. The lowest BCUT2D eigenvalue weighted by molar-refractivity contribution is -0.126. The summed E-state index contributed by atoms with van der Waals surface area (Å²) in [6.07, 6.45) is 2.82. The van der Waals surface area contributed by atoms with E-state index in [9.17, 15) is 13.2 Å². The van der Waals surface area contributed by atoms with E-state index in [0.717, 1.165) is 5.69 Å². The van der Waals surface area contributed by atoms with E-state index >= 15 is 0 Å². The van der Waals surface area contributed by atoms with Crippen LogP contribution in [0.15, 0.2) is 41.4 Å². The zero-order valence-electron chi connectivity index (χ0n) is 14.4. The van der Waals surface area contributed by atoms with Crippen molar-refractivity contribution in [2.75, 3.05) is 13.1 Å². The van der Waals surface area contributed by atoms with Gasteiger partial charge in [0, 0.05) is 37.3 Å². The number of rotatable bonds is 5. The normalized spacial score (nSPS) is 16.5. The van der Waals surface area contributed by atoms with E-state index in [1.54, 1.807) is 16.8 Å². The number of aryl methyl sites for hydroxylation is 1. The Kier molecular flexibility index (Phi) is 5.64. The smallest absolute Gasteiger partial charge is 0.243 e. The Bertz CT molecular complexity index is 872. The first-order chi connectivity index (χ1) is 12.4. The molecule has 1 aromatic carbocycles. The van der Waals surface area contributed by atoms with Gasteiger partial charge in [-0.1, -0.05) is 11.6 Å². The molecule has 0 spiro atoms. The van der Waals surface area contributed by atoms with Crippen LogP contribution in [0, 0.1) is 5.92 Å². The maximum atomic E-state index is 12.7. The molecule has 3 rings (SSSR count). The minimum Gasteiger partial charge on any atom is -0.350 e.